The van der Waals surface area contributed by atoms with Crippen LogP contribution in [0.25, 0.3) is 0 Å². The van der Waals surface area contributed by atoms with Gasteiger partial charge in [0.25, 0.3) is 0 Å². The molecule has 0 amide bonds. The van der Waals surface area contributed by atoms with Gasteiger partial charge in [-0.3, -0.25) is 9.69 Å². The van der Waals surface area contributed by atoms with Gasteiger partial charge in [0.05, 0.1) is 0 Å². The molecule has 2 nitrogen and oxygen atoms in total. The van der Waals surface area contributed by atoms with E-state index < -0.39 is 0 Å². The van der Waals surface area contributed by atoms with Gasteiger partial charge in [-0.05, 0) is 43.7 Å². The molecule has 2 aromatic rings. The molecule has 0 N–H and O–H groups in total. The molecule has 0 aliphatic heterocycles. The van der Waals surface area contributed by atoms with Crippen LogP contribution in [-0.2, 0) is 6.54 Å². The number of Topliss-reactive ketones (excluding diaryl/α,β-unsaturated/α-hetero) is 1. The van der Waals surface area contributed by atoms with E-state index in [4.69, 9.17) is 11.6 Å². The van der Waals surface area contributed by atoms with Crippen molar-refractivity contribution in [2.45, 2.75) is 32.9 Å². The number of benzene rings is 2. The van der Waals surface area contributed by atoms with Gasteiger partial charge in [-0.1, -0.05) is 41.9 Å². The summed E-state index contributed by atoms with van der Waals surface area (Å²) in [5, 5.41) is 0.657. The van der Waals surface area contributed by atoms with E-state index in [-0.39, 0.29) is 5.78 Å². The first-order valence-corrected chi connectivity index (χ1v) is 8.01. The van der Waals surface area contributed by atoms with Gasteiger partial charge < -0.3 is 0 Å². The van der Waals surface area contributed by atoms with Crippen LogP contribution in [0.15, 0.2) is 54.6 Å². The van der Waals surface area contributed by atoms with Crippen LogP contribution in [0.5, 0.6) is 0 Å². The molecule has 0 bridgehead atoms. The summed E-state index contributed by atoms with van der Waals surface area (Å²) in [6.45, 7) is 5.95. The highest BCUT2D eigenvalue weighted by atomic mass is 35.5. The number of nitrogens with zero attached hydrogens (tertiary/aromatic N) is 1. The maximum Gasteiger partial charge on any atom is 0.164 e. The number of ketones is 1. The topological polar surface area (TPSA) is 20.3 Å². The number of hydrogen-bond acceptors (Lipinski definition) is 2. The Hall–Kier alpha value is -1.64. The molecule has 0 spiro atoms. The molecule has 116 valence electrons. The van der Waals surface area contributed by atoms with Gasteiger partial charge in [-0.2, -0.15) is 0 Å². The molecule has 0 fully saturated rings. The quantitative estimate of drug-likeness (QED) is 0.682. The first-order valence-electron chi connectivity index (χ1n) is 7.63. The van der Waals surface area contributed by atoms with Crippen LogP contribution in [0, 0.1) is 0 Å². The maximum atomic E-state index is 12.3. The number of halogens is 1. The molecule has 0 atom stereocenters. The number of rotatable bonds is 7. The lowest BCUT2D eigenvalue weighted by molar-refractivity contribution is 0.0952. The van der Waals surface area contributed by atoms with Gasteiger partial charge >= 0.3 is 0 Å². The highest BCUT2D eigenvalue weighted by molar-refractivity contribution is 6.30. The zero-order valence-corrected chi connectivity index (χ0v) is 13.9. The van der Waals surface area contributed by atoms with Crippen molar-refractivity contribution >= 4 is 17.4 Å². The summed E-state index contributed by atoms with van der Waals surface area (Å²) in [4.78, 5) is 14.6. The summed E-state index contributed by atoms with van der Waals surface area (Å²) >= 11 is 5.86. The Morgan fingerprint density at radius 3 is 2.27 bits per heavy atom. The van der Waals surface area contributed by atoms with E-state index >= 15 is 0 Å². The average Bonchev–Trinajstić information content (AvgIpc) is 2.52. The molecule has 0 aliphatic carbocycles. The summed E-state index contributed by atoms with van der Waals surface area (Å²) in [5.41, 5.74) is 2.00. The third-order valence-electron chi connectivity index (χ3n) is 3.75. The van der Waals surface area contributed by atoms with E-state index in [1.54, 1.807) is 24.3 Å². The Morgan fingerprint density at radius 2 is 1.68 bits per heavy atom. The molecular weight excluding hydrogens is 294 g/mol. The molecule has 0 aromatic heterocycles. The summed E-state index contributed by atoms with van der Waals surface area (Å²) in [6.07, 6.45) is 0.520. The molecule has 2 rings (SSSR count). The number of carbonyl (C=O) groups excluding carboxylic acids is 1. The van der Waals surface area contributed by atoms with Crippen molar-refractivity contribution in [1.29, 1.82) is 0 Å². The number of hydrogen-bond donors (Lipinski definition) is 0. The van der Waals surface area contributed by atoms with E-state index in [1.165, 1.54) is 5.56 Å². The van der Waals surface area contributed by atoms with E-state index in [2.05, 4.69) is 30.9 Å². The fraction of sp³-hybridized carbons (Fsp3) is 0.316. The summed E-state index contributed by atoms with van der Waals surface area (Å²) in [5.74, 6) is 0.162. The smallest absolute Gasteiger partial charge is 0.164 e. The van der Waals surface area contributed by atoms with E-state index in [0.717, 1.165) is 18.7 Å². The standard InChI is InChI=1S/C19H22ClNO/c1-15(2)21(14-16-6-4-3-5-7-16)13-12-19(22)17-8-10-18(20)11-9-17/h3-11,15H,12-14H2,1-2H3. The summed E-state index contributed by atoms with van der Waals surface area (Å²) < 4.78 is 0. The van der Waals surface area contributed by atoms with Gasteiger partial charge in [0.1, 0.15) is 0 Å². The van der Waals surface area contributed by atoms with Gasteiger partial charge in [0.15, 0.2) is 5.78 Å². The Kier molecular flexibility index (Phi) is 6.17. The minimum atomic E-state index is 0.162. The van der Waals surface area contributed by atoms with Crippen molar-refractivity contribution in [2.75, 3.05) is 6.54 Å². The number of carbonyl (C=O) groups is 1. The summed E-state index contributed by atoms with van der Waals surface area (Å²) in [7, 11) is 0. The highest BCUT2D eigenvalue weighted by Crippen LogP contribution is 2.13. The van der Waals surface area contributed by atoms with Gasteiger partial charge in [-0.25, -0.2) is 0 Å². The predicted octanol–water partition coefficient (Wildman–Crippen LogP) is 4.82. The third-order valence-corrected chi connectivity index (χ3v) is 4.00. The highest BCUT2D eigenvalue weighted by Gasteiger charge is 2.13. The lowest BCUT2D eigenvalue weighted by Gasteiger charge is -2.26. The molecule has 2 aromatic carbocycles. The van der Waals surface area contributed by atoms with Crippen LogP contribution < -0.4 is 0 Å². The fourth-order valence-corrected chi connectivity index (χ4v) is 2.49. The molecule has 0 heterocycles. The zero-order valence-electron chi connectivity index (χ0n) is 13.1. The van der Waals surface area contributed by atoms with E-state index in [1.807, 2.05) is 18.2 Å². The molecule has 0 saturated heterocycles. The van der Waals surface area contributed by atoms with Crippen molar-refractivity contribution in [2.24, 2.45) is 0 Å². The first kappa shape index (κ1) is 16.7. The molecule has 3 heteroatoms. The molecule has 0 unspecified atom stereocenters. The van der Waals surface area contributed by atoms with Crippen LogP contribution in [0.4, 0.5) is 0 Å². The minimum absolute atomic E-state index is 0.162. The van der Waals surface area contributed by atoms with Crippen molar-refractivity contribution in [1.82, 2.24) is 4.90 Å². The van der Waals surface area contributed by atoms with Crippen molar-refractivity contribution in [3.8, 4) is 0 Å². The van der Waals surface area contributed by atoms with Crippen LogP contribution in [0.2, 0.25) is 5.02 Å². The molecule has 0 saturated carbocycles. The lowest BCUT2D eigenvalue weighted by Crippen LogP contribution is -2.32. The Labute approximate surface area is 137 Å². The zero-order chi connectivity index (χ0) is 15.9. The van der Waals surface area contributed by atoms with Crippen LogP contribution >= 0.6 is 11.6 Å². The Balaban J connectivity index is 1.94. The fourth-order valence-electron chi connectivity index (χ4n) is 2.36. The van der Waals surface area contributed by atoms with Gasteiger partial charge in [0, 0.05) is 36.1 Å². The second kappa shape index (κ2) is 8.11. The minimum Gasteiger partial charge on any atom is -0.296 e. The van der Waals surface area contributed by atoms with Crippen LogP contribution in [0.3, 0.4) is 0 Å². The van der Waals surface area contributed by atoms with Gasteiger partial charge in [-0.15, -0.1) is 0 Å². The molecule has 0 radical (unpaired) electrons. The first-order chi connectivity index (χ1) is 10.6. The Morgan fingerprint density at radius 1 is 1.05 bits per heavy atom. The van der Waals surface area contributed by atoms with E-state index in [0.29, 0.717) is 17.5 Å². The third kappa shape index (κ3) is 4.97. The van der Waals surface area contributed by atoms with Crippen LogP contribution in [0.1, 0.15) is 36.2 Å². The van der Waals surface area contributed by atoms with Crippen molar-refractivity contribution < 1.29 is 4.79 Å². The second-order valence-corrected chi connectivity index (χ2v) is 6.17. The largest absolute Gasteiger partial charge is 0.296 e. The van der Waals surface area contributed by atoms with E-state index in [9.17, 15) is 4.79 Å². The average molecular weight is 316 g/mol. The van der Waals surface area contributed by atoms with Gasteiger partial charge in [0.2, 0.25) is 0 Å². The normalized spacial score (nSPS) is 11.1. The van der Waals surface area contributed by atoms with Crippen LogP contribution in [-0.4, -0.2) is 23.3 Å². The predicted molar refractivity (Wildman–Crippen MR) is 92.4 cm³/mol. The second-order valence-electron chi connectivity index (χ2n) is 5.73. The maximum absolute atomic E-state index is 12.3. The molecule has 22 heavy (non-hydrogen) atoms. The SMILES string of the molecule is CC(C)N(CCC(=O)c1ccc(Cl)cc1)Cc1ccccc1. The Bertz CT molecular complexity index is 593. The summed E-state index contributed by atoms with van der Waals surface area (Å²) in [6, 6.07) is 17.9. The lowest BCUT2D eigenvalue weighted by atomic mass is 10.1. The monoisotopic (exact) mass is 315 g/mol. The van der Waals surface area contributed by atoms with Crippen molar-refractivity contribution in [3.63, 3.8) is 0 Å². The molecular formula is C19H22ClNO. The van der Waals surface area contributed by atoms with Crippen molar-refractivity contribution in [3.05, 3.63) is 70.7 Å². The molecule has 0 aliphatic rings.